The first-order valence-corrected chi connectivity index (χ1v) is 11.2. The van der Waals surface area contributed by atoms with Gasteiger partial charge in [-0.1, -0.05) is 41.4 Å². The van der Waals surface area contributed by atoms with E-state index in [1.54, 1.807) is 4.90 Å². The van der Waals surface area contributed by atoms with Crippen molar-refractivity contribution in [2.45, 2.75) is 25.6 Å². The molecule has 2 fully saturated rings. The largest absolute Gasteiger partial charge is 0.318 e. The Hall–Kier alpha value is -1.89. The smallest absolute Gasteiger partial charge is 0.282 e. The van der Waals surface area contributed by atoms with E-state index in [1.807, 2.05) is 55.5 Å². The summed E-state index contributed by atoms with van der Waals surface area (Å²) in [7, 11) is -3.17. The number of piperazine rings is 1. The number of benzene rings is 2. The van der Waals surface area contributed by atoms with E-state index in [9.17, 15) is 13.2 Å². The third kappa shape index (κ3) is 3.74. The topological polar surface area (TPSA) is 58.9 Å². The molecule has 0 bridgehead atoms. The first kappa shape index (κ1) is 18.5. The van der Waals surface area contributed by atoms with Gasteiger partial charge in [-0.25, -0.2) is 8.42 Å². The van der Waals surface area contributed by atoms with Crippen LogP contribution in [0.2, 0.25) is 5.02 Å². The molecule has 2 aromatic carbocycles. The summed E-state index contributed by atoms with van der Waals surface area (Å²) in [5, 5.41) is 0.662. The molecule has 0 radical (unpaired) electrons. The number of sulfone groups is 1. The molecule has 2 heterocycles. The number of quaternary nitrogens is 1. The van der Waals surface area contributed by atoms with Crippen molar-refractivity contribution in [2.75, 3.05) is 23.0 Å². The summed E-state index contributed by atoms with van der Waals surface area (Å²) < 4.78 is 24.8. The number of aryl methyl sites for hydroxylation is 1. The molecular formula is C20H22ClN2O3S+. The van der Waals surface area contributed by atoms with Gasteiger partial charge in [0, 0.05) is 16.3 Å². The normalized spacial score (nSPS) is 26.8. The van der Waals surface area contributed by atoms with Crippen LogP contribution >= 0.6 is 11.6 Å². The molecule has 2 aromatic rings. The van der Waals surface area contributed by atoms with Crippen molar-refractivity contribution in [3.8, 4) is 0 Å². The van der Waals surface area contributed by atoms with Gasteiger partial charge in [0.15, 0.2) is 16.4 Å². The van der Waals surface area contributed by atoms with Gasteiger partial charge in [0.25, 0.3) is 5.91 Å². The van der Waals surface area contributed by atoms with Crippen LogP contribution in [0.15, 0.2) is 48.5 Å². The van der Waals surface area contributed by atoms with Crippen LogP contribution < -0.4 is 9.80 Å². The number of hydrogen-bond donors (Lipinski definition) is 1. The number of nitrogens with zero attached hydrogens (tertiary/aromatic N) is 1. The second-order valence-electron chi connectivity index (χ2n) is 7.49. The van der Waals surface area contributed by atoms with Crippen LogP contribution in [0.4, 0.5) is 5.69 Å². The van der Waals surface area contributed by atoms with Gasteiger partial charge in [-0.3, -0.25) is 9.69 Å². The second-order valence-corrected chi connectivity index (χ2v) is 10.1. The molecule has 27 heavy (non-hydrogen) atoms. The van der Waals surface area contributed by atoms with E-state index in [-0.39, 0.29) is 36.0 Å². The molecule has 2 saturated heterocycles. The van der Waals surface area contributed by atoms with Crippen LogP contribution in [0.5, 0.6) is 0 Å². The zero-order chi connectivity index (χ0) is 19.2. The lowest BCUT2D eigenvalue weighted by atomic mass is 10.0. The number of fused-ring (bicyclic) bond motifs is 1. The first-order chi connectivity index (χ1) is 12.8. The van der Waals surface area contributed by atoms with Crippen LogP contribution in [-0.4, -0.2) is 44.5 Å². The summed E-state index contributed by atoms with van der Waals surface area (Å²) in [6.45, 7) is 2.89. The summed E-state index contributed by atoms with van der Waals surface area (Å²) in [4.78, 5) is 15.7. The fraction of sp³-hybridized carbons (Fsp3) is 0.350. The molecule has 0 aromatic heterocycles. The predicted octanol–water partition coefficient (Wildman–Crippen LogP) is 1.25. The highest BCUT2D eigenvalue weighted by Gasteiger charge is 2.52. The Bertz CT molecular complexity index is 958. The van der Waals surface area contributed by atoms with Crippen molar-refractivity contribution in [1.29, 1.82) is 0 Å². The maximum atomic E-state index is 13.0. The lowest BCUT2D eigenvalue weighted by Gasteiger charge is -2.40. The van der Waals surface area contributed by atoms with Crippen molar-refractivity contribution < 1.29 is 18.1 Å². The van der Waals surface area contributed by atoms with E-state index >= 15 is 0 Å². The molecular weight excluding hydrogens is 384 g/mol. The number of anilines is 1. The lowest BCUT2D eigenvalue weighted by Crippen LogP contribution is -3.19. The molecule has 1 unspecified atom stereocenters. The fourth-order valence-electron chi connectivity index (χ4n) is 4.17. The first-order valence-electron chi connectivity index (χ1n) is 9.00. The highest BCUT2D eigenvalue weighted by molar-refractivity contribution is 7.91. The van der Waals surface area contributed by atoms with Crippen LogP contribution in [0.25, 0.3) is 0 Å². The van der Waals surface area contributed by atoms with Gasteiger partial charge < -0.3 is 4.90 Å². The Kier molecular flexibility index (Phi) is 4.74. The van der Waals surface area contributed by atoms with Crippen LogP contribution in [-0.2, 0) is 21.2 Å². The predicted molar refractivity (Wildman–Crippen MR) is 106 cm³/mol. The van der Waals surface area contributed by atoms with Crippen molar-refractivity contribution >= 4 is 33.0 Å². The van der Waals surface area contributed by atoms with Crippen molar-refractivity contribution in [3.05, 3.63) is 64.7 Å². The minimum absolute atomic E-state index is 0.0267. The van der Waals surface area contributed by atoms with Gasteiger partial charge in [0.2, 0.25) is 0 Å². The van der Waals surface area contributed by atoms with Crippen LogP contribution in [0, 0.1) is 6.92 Å². The zero-order valence-electron chi connectivity index (χ0n) is 15.1. The summed E-state index contributed by atoms with van der Waals surface area (Å²) in [5.74, 6) is 0.124. The third-order valence-electron chi connectivity index (χ3n) is 5.48. The highest BCUT2D eigenvalue weighted by atomic mass is 35.5. The maximum Gasteiger partial charge on any atom is 0.282 e. The molecule has 2 aliphatic rings. The van der Waals surface area contributed by atoms with Crippen molar-refractivity contribution in [1.82, 2.24) is 0 Å². The minimum Gasteiger partial charge on any atom is -0.318 e. The van der Waals surface area contributed by atoms with Crippen LogP contribution in [0.3, 0.4) is 0 Å². The van der Waals surface area contributed by atoms with Gasteiger partial charge in [-0.2, -0.15) is 0 Å². The molecule has 5 nitrogen and oxygen atoms in total. The average Bonchev–Trinajstić information content (AvgIpc) is 2.93. The number of rotatable bonds is 3. The SMILES string of the molecule is Cc1ccc(N2C(=O)C[NH+](Cc3ccc(Cl)cc3)[C@@H]3CS(=O)(=O)C[C@@H]32)cc1. The standard InChI is InChI=1S/C20H21ClN2O3S/c1-14-2-8-17(9-3-14)23-19-13-27(25,26)12-18(19)22(11-20(23)24)10-15-4-6-16(21)7-5-15/h2-9,18-19H,10-13H2,1H3/p+1/t18-,19+/m1/s1. The van der Waals surface area contributed by atoms with E-state index in [0.29, 0.717) is 11.6 Å². The number of carbonyl (C=O) groups is 1. The quantitative estimate of drug-likeness (QED) is 0.836. The second kappa shape index (κ2) is 6.93. The van der Waals surface area contributed by atoms with Gasteiger partial charge in [-0.15, -0.1) is 0 Å². The number of nitrogens with one attached hydrogen (secondary N) is 1. The Balaban J connectivity index is 1.65. The van der Waals surface area contributed by atoms with Gasteiger partial charge >= 0.3 is 0 Å². The molecule has 0 saturated carbocycles. The summed E-state index contributed by atoms with van der Waals surface area (Å²) >= 11 is 5.96. The van der Waals surface area contributed by atoms with E-state index in [0.717, 1.165) is 21.7 Å². The number of halogens is 1. The van der Waals surface area contributed by atoms with E-state index in [4.69, 9.17) is 11.6 Å². The van der Waals surface area contributed by atoms with Gasteiger partial charge in [-0.05, 0) is 31.2 Å². The maximum absolute atomic E-state index is 13.0. The lowest BCUT2D eigenvalue weighted by molar-refractivity contribution is -0.931. The fourth-order valence-corrected chi connectivity index (χ4v) is 6.34. The van der Waals surface area contributed by atoms with Gasteiger partial charge in [0.05, 0.1) is 5.75 Å². The van der Waals surface area contributed by atoms with Crippen molar-refractivity contribution in [2.24, 2.45) is 0 Å². The summed E-state index contributed by atoms with van der Waals surface area (Å²) in [5.41, 5.74) is 2.94. The van der Waals surface area contributed by atoms with Crippen LogP contribution in [0.1, 0.15) is 11.1 Å². The number of carbonyl (C=O) groups excluding carboxylic acids is 1. The Labute approximate surface area is 164 Å². The molecule has 0 spiro atoms. The minimum atomic E-state index is -3.17. The molecule has 0 aliphatic carbocycles. The number of hydrogen-bond acceptors (Lipinski definition) is 3. The van der Waals surface area contributed by atoms with E-state index in [2.05, 4.69) is 0 Å². The summed E-state index contributed by atoms with van der Waals surface area (Å²) in [6.07, 6.45) is 0. The monoisotopic (exact) mass is 405 g/mol. The van der Waals surface area contributed by atoms with E-state index < -0.39 is 9.84 Å². The third-order valence-corrected chi connectivity index (χ3v) is 7.45. The molecule has 1 amide bonds. The summed E-state index contributed by atoms with van der Waals surface area (Å²) in [6, 6.07) is 14.8. The molecule has 2 aliphatic heterocycles. The molecule has 1 N–H and O–H groups in total. The zero-order valence-corrected chi connectivity index (χ0v) is 16.6. The molecule has 7 heteroatoms. The Morgan fingerprint density at radius 1 is 1.07 bits per heavy atom. The van der Waals surface area contributed by atoms with Crippen molar-refractivity contribution in [3.63, 3.8) is 0 Å². The number of amides is 1. The molecule has 142 valence electrons. The Morgan fingerprint density at radius 2 is 1.74 bits per heavy atom. The highest BCUT2D eigenvalue weighted by Crippen LogP contribution is 2.26. The molecule has 3 atom stereocenters. The molecule has 4 rings (SSSR count). The average molecular weight is 406 g/mol. The Morgan fingerprint density at radius 3 is 2.41 bits per heavy atom. The van der Waals surface area contributed by atoms with E-state index in [1.165, 1.54) is 0 Å². The van der Waals surface area contributed by atoms with Gasteiger partial charge in [0.1, 0.15) is 24.4 Å².